The van der Waals surface area contributed by atoms with Gasteiger partial charge in [0, 0.05) is 38.0 Å². The minimum Gasteiger partial charge on any atom is -0.486 e. The van der Waals surface area contributed by atoms with E-state index in [9.17, 15) is 18.0 Å². The summed E-state index contributed by atoms with van der Waals surface area (Å²) < 4.78 is 38.2. The fourth-order valence-corrected chi connectivity index (χ4v) is 6.15. The number of benzene rings is 3. The van der Waals surface area contributed by atoms with E-state index in [0.717, 1.165) is 29.4 Å². The van der Waals surface area contributed by atoms with Gasteiger partial charge in [0.1, 0.15) is 19.3 Å². The van der Waals surface area contributed by atoms with Gasteiger partial charge in [-0.15, -0.1) is 0 Å². The SMILES string of the molecule is CC[C@@H](C)NC(=O)[C@@H](Cc1ccccc1)N(Cc1cccc(C)c1)C(=O)CCCN(c1ccc2c(c1)OCCO2)S(C)(=O)=O. The van der Waals surface area contributed by atoms with Crippen molar-refractivity contribution < 1.29 is 27.5 Å². The maximum atomic E-state index is 14.0. The van der Waals surface area contributed by atoms with Crippen LogP contribution in [-0.4, -0.2) is 63.2 Å². The summed E-state index contributed by atoms with van der Waals surface area (Å²) >= 11 is 0. The largest absolute Gasteiger partial charge is 0.486 e. The second kappa shape index (κ2) is 15.1. The molecule has 1 heterocycles. The van der Waals surface area contributed by atoms with Crippen LogP contribution >= 0.6 is 0 Å². The summed E-state index contributed by atoms with van der Waals surface area (Å²) in [6.45, 7) is 7.10. The van der Waals surface area contributed by atoms with Gasteiger partial charge in [0.15, 0.2) is 11.5 Å². The van der Waals surface area contributed by atoms with Crippen LogP contribution in [0, 0.1) is 6.92 Å². The van der Waals surface area contributed by atoms with Gasteiger partial charge in [0.25, 0.3) is 0 Å². The Kier molecular flexibility index (Phi) is 11.3. The number of rotatable bonds is 14. The molecule has 1 aliphatic rings. The van der Waals surface area contributed by atoms with E-state index in [2.05, 4.69) is 5.32 Å². The summed E-state index contributed by atoms with van der Waals surface area (Å²) in [5.74, 6) is 0.620. The molecular formula is C34H43N3O6S. The van der Waals surface area contributed by atoms with Crippen molar-refractivity contribution in [2.75, 3.05) is 30.3 Å². The van der Waals surface area contributed by atoms with Gasteiger partial charge in [-0.25, -0.2) is 8.42 Å². The van der Waals surface area contributed by atoms with Crippen molar-refractivity contribution in [1.29, 1.82) is 0 Å². The molecule has 2 atom stereocenters. The van der Waals surface area contributed by atoms with Gasteiger partial charge in [-0.2, -0.15) is 0 Å². The van der Waals surface area contributed by atoms with E-state index in [1.165, 1.54) is 4.31 Å². The molecular weight excluding hydrogens is 578 g/mol. The van der Waals surface area contributed by atoms with Crippen LogP contribution in [0.2, 0.25) is 0 Å². The van der Waals surface area contributed by atoms with Gasteiger partial charge >= 0.3 is 0 Å². The van der Waals surface area contributed by atoms with Crippen LogP contribution in [0.25, 0.3) is 0 Å². The van der Waals surface area contributed by atoms with Gasteiger partial charge in [-0.3, -0.25) is 13.9 Å². The first-order valence-electron chi connectivity index (χ1n) is 15.1. The fourth-order valence-electron chi connectivity index (χ4n) is 5.19. The number of carbonyl (C=O) groups is 2. The molecule has 0 saturated heterocycles. The van der Waals surface area contributed by atoms with Crippen LogP contribution in [0.1, 0.15) is 49.8 Å². The number of anilines is 1. The summed E-state index contributed by atoms with van der Waals surface area (Å²) in [5, 5.41) is 3.08. The molecule has 0 bridgehead atoms. The zero-order valence-electron chi connectivity index (χ0n) is 26.0. The lowest BCUT2D eigenvalue weighted by Crippen LogP contribution is -2.52. The minimum absolute atomic E-state index is 0.0500. The first-order chi connectivity index (χ1) is 21.0. The number of hydrogen-bond acceptors (Lipinski definition) is 6. The normalized spacial score (nSPS) is 13.9. The van der Waals surface area contributed by atoms with Crippen molar-refractivity contribution in [2.24, 2.45) is 0 Å². The van der Waals surface area contributed by atoms with Gasteiger partial charge in [-0.05, 0) is 49.9 Å². The molecule has 3 aromatic carbocycles. The van der Waals surface area contributed by atoms with Crippen molar-refractivity contribution in [2.45, 2.75) is 65.1 Å². The smallest absolute Gasteiger partial charge is 0.243 e. The molecule has 0 fully saturated rings. The highest BCUT2D eigenvalue weighted by molar-refractivity contribution is 7.92. The minimum atomic E-state index is -3.65. The molecule has 1 N–H and O–H groups in total. The zero-order chi connectivity index (χ0) is 31.7. The number of carbonyl (C=O) groups excluding carboxylic acids is 2. The molecule has 0 saturated carbocycles. The Morgan fingerprint density at radius 2 is 1.64 bits per heavy atom. The molecule has 3 aromatic rings. The lowest BCUT2D eigenvalue weighted by atomic mass is 10.0. The topological polar surface area (TPSA) is 105 Å². The Bertz CT molecular complexity index is 1530. The highest BCUT2D eigenvalue weighted by Crippen LogP contribution is 2.35. The van der Waals surface area contributed by atoms with Gasteiger partial charge in [0.05, 0.1) is 11.9 Å². The molecule has 9 nitrogen and oxygen atoms in total. The number of nitrogens with zero attached hydrogens (tertiary/aromatic N) is 2. The summed E-state index contributed by atoms with van der Waals surface area (Å²) in [7, 11) is -3.65. The van der Waals surface area contributed by atoms with E-state index in [1.54, 1.807) is 23.1 Å². The molecule has 4 rings (SSSR count). The first kappa shape index (κ1) is 32.9. The highest BCUT2D eigenvalue weighted by Gasteiger charge is 2.31. The quantitative estimate of drug-likeness (QED) is 0.276. The average molecular weight is 622 g/mol. The van der Waals surface area contributed by atoms with Crippen LogP contribution < -0.4 is 19.1 Å². The summed E-state index contributed by atoms with van der Waals surface area (Å²) in [6, 6.07) is 21.8. The van der Waals surface area contributed by atoms with E-state index in [0.29, 0.717) is 36.8 Å². The molecule has 0 aliphatic carbocycles. The number of ether oxygens (including phenoxy) is 2. The molecule has 0 unspecified atom stereocenters. The fraction of sp³-hybridized carbons (Fsp3) is 0.412. The first-order valence-corrected chi connectivity index (χ1v) is 17.0. The monoisotopic (exact) mass is 621 g/mol. The Hall–Kier alpha value is -4.05. The lowest BCUT2D eigenvalue weighted by molar-refractivity contribution is -0.141. The number of hydrogen-bond donors (Lipinski definition) is 1. The Morgan fingerprint density at radius 3 is 2.32 bits per heavy atom. The molecule has 0 aromatic heterocycles. The second-order valence-electron chi connectivity index (χ2n) is 11.3. The van der Waals surface area contributed by atoms with E-state index < -0.39 is 16.1 Å². The predicted octanol–water partition coefficient (Wildman–Crippen LogP) is 4.87. The van der Waals surface area contributed by atoms with Gasteiger partial charge in [0.2, 0.25) is 21.8 Å². The van der Waals surface area contributed by atoms with Crippen molar-refractivity contribution in [1.82, 2.24) is 10.2 Å². The average Bonchev–Trinajstić information content (AvgIpc) is 3.00. The van der Waals surface area contributed by atoms with Crippen LogP contribution in [-0.2, 0) is 32.6 Å². The lowest BCUT2D eigenvalue weighted by Gasteiger charge is -2.33. The van der Waals surface area contributed by atoms with Crippen molar-refractivity contribution >= 4 is 27.5 Å². The third-order valence-corrected chi connectivity index (χ3v) is 8.87. The van der Waals surface area contributed by atoms with Gasteiger partial charge < -0.3 is 19.7 Å². The van der Waals surface area contributed by atoms with E-state index in [-0.39, 0.29) is 43.8 Å². The third kappa shape index (κ3) is 8.98. The molecule has 10 heteroatoms. The summed E-state index contributed by atoms with van der Waals surface area (Å²) in [5.41, 5.74) is 3.36. The van der Waals surface area contributed by atoms with Crippen molar-refractivity contribution in [3.05, 3.63) is 89.5 Å². The molecule has 0 spiro atoms. The maximum Gasteiger partial charge on any atom is 0.243 e. The molecule has 2 amide bonds. The number of sulfonamides is 1. The number of aryl methyl sites for hydroxylation is 1. The van der Waals surface area contributed by atoms with Crippen LogP contribution in [0.3, 0.4) is 0 Å². The molecule has 236 valence electrons. The third-order valence-electron chi connectivity index (χ3n) is 7.67. The maximum absolute atomic E-state index is 14.0. The number of amides is 2. The van der Waals surface area contributed by atoms with Crippen LogP contribution in [0.15, 0.2) is 72.8 Å². The van der Waals surface area contributed by atoms with Gasteiger partial charge in [-0.1, -0.05) is 67.1 Å². The Labute approximate surface area is 261 Å². The van der Waals surface area contributed by atoms with Crippen molar-refractivity contribution in [3.63, 3.8) is 0 Å². The second-order valence-corrected chi connectivity index (χ2v) is 13.2. The van der Waals surface area contributed by atoms with E-state index >= 15 is 0 Å². The molecule has 44 heavy (non-hydrogen) atoms. The molecule has 0 radical (unpaired) electrons. The van der Waals surface area contributed by atoms with Crippen LogP contribution in [0.4, 0.5) is 5.69 Å². The Morgan fingerprint density at radius 1 is 0.932 bits per heavy atom. The predicted molar refractivity (Wildman–Crippen MR) is 172 cm³/mol. The van der Waals surface area contributed by atoms with Crippen molar-refractivity contribution in [3.8, 4) is 11.5 Å². The van der Waals surface area contributed by atoms with Crippen LogP contribution in [0.5, 0.6) is 11.5 Å². The summed E-state index contributed by atoms with van der Waals surface area (Å²) in [4.78, 5) is 29.4. The Balaban J connectivity index is 1.58. The standard InChI is InChI=1S/C34H43N3O6S/c1-5-26(3)35-34(39)30(22-27-12-7-6-8-13-27)36(24-28-14-9-11-25(2)21-28)33(38)15-10-18-37(44(4,40)41)29-16-17-31-32(23-29)43-20-19-42-31/h6-9,11-14,16-17,21,23,26,30H,5,10,15,18-20,22,24H2,1-4H3,(H,35,39)/t26-,30-/m1/s1. The molecule has 1 aliphatic heterocycles. The zero-order valence-corrected chi connectivity index (χ0v) is 26.8. The van der Waals surface area contributed by atoms with E-state index in [4.69, 9.17) is 9.47 Å². The number of fused-ring (bicyclic) bond motifs is 1. The number of nitrogens with one attached hydrogen (secondary N) is 1. The summed E-state index contributed by atoms with van der Waals surface area (Å²) in [6.07, 6.45) is 2.58. The highest BCUT2D eigenvalue weighted by atomic mass is 32.2. The van der Waals surface area contributed by atoms with E-state index in [1.807, 2.05) is 75.4 Å².